The van der Waals surface area contributed by atoms with Gasteiger partial charge in [0.25, 0.3) is 0 Å². The van der Waals surface area contributed by atoms with Crippen LogP contribution in [0.25, 0.3) is 11.4 Å². The van der Waals surface area contributed by atoms with E-state index in [1.807, 2.05) is 6.92 Å². The number of nitrogens with zero attached hydrogens (tertiary/aromatic N) is 2. The molecule has 4 nitrogen and oxygen atoms in total. The van der Waals surface area contributed by atoms with E-state index in [-0.39, 0.29) is 11.4 Å². The summed E-state index contributed by atoms with van der Waals surface area (Å²) in [5, 5.41) is 0. The van der Waals surface area contributed by atoms with Crippen LogP contribution >= 0.6 is 0 Å². The molecule has 1 heterocycles. The lowest BCUT2D eigenvalue weighted by molar-refractivity contribution is -0.519. The maximum Gasteiger partial charge on any atom is 0.460 e. The maximum atomic E-state index is 14.2. The Morgan fingerprint density at radius 3 is 1.35 bits per heavy atom. The second-order valence-electron chi connectivity index (χ2n) is 11.4. The van der Waals surface area contributed by atoms with E-state index in [2.05, 4.69) is 14.7 Å². The van der Waals surface area contributed by atoms with Crippen molar-refractivity contribution in [3.63, 3.8) is 0 Å². The van der Waals surface area contributed by atoms with Gasteiger partial charge in [-0.15, -0.1) is 0 Å². The minimum Gasteiger partial charge on any atom is -0.487 e. The molecule has 1 aromatic carbocycles. The second-order valence-corrected chi connectivity index (χ2v) is 11.4. The van der Waals surface area contributed by atoms with Gasteiger partial charge >= 0.3 is 65.8 Å². The lowest BCUT2D eigenvalue weighted by Crippen LogP contribution is -2.75. The SMILES string of the molecule is CCCCCCc1cnc(-c2ccc(OCC(F)(F)C(F)(F)C(F)(F)OC(F)(F)C(F)(F)C(F)(F)C(F)(F)C(F)(F)C(F)(F)C(F)(F)C(F)(F)F)cc2)nc1. The minimum absolute atomic E-state index is 0.00439. The summed E-state index contributed by atoms with van der Waals surface area (Å²) in [7, 11) is 0. The Kier molecular flexibility index (Phi) is 13.1. The van der Waals surface area contributed by atoms with E-state index in [9.17, 15) is 101 Å². The van der Waals surface area contributed by atoms with Crippen molar-refractivity contribution in [2.75, 3.05) is 6.61 Å². The summed E-state index contributed by atoms with van der Waals surface area (Å²) in [5.41, 5.74) is 0.818. The zero-order valence-electron chi connectivity index (χ0n) is 26.6. The molecule has 0 amide bonds. The number of hydrogen-bond donors (Lipinski definition) is 0. The number of halogens is 23. The van der Waals surface area contributed by atoms with Crippen LogP contribution < -0.4 is 4.74 Å². The van der Waals surface area contributed by atoms with Crippen LogP contribution in [-0.4, -0.2) is 82.3 Å². The Balaban J connectivity index is 2.30. The molecule has 55 heavy (non-hydrogen) atoms. The number of aromatic nitrogens is 2. The summed E-state index contributed by atoms with van der Waals surface area (Å²) in [4.78, 5) is 8.05. The Bertz CT molecular complexity index is 1580. The van der Waals surface area contributed by atoms with Gasteiger partial charge in [-0.2, -0.15) is 101 Å². The molecule has 0 saturated heterocycles. The summed E-state index contributed by atoms with van der Waals surface area (Å²) in [6.07, 6.45) is -17.5. The highest BCUT2D eigenvalue weighted by Crippen LogP contribution is 2.64. The third kappa shape index (κ3) is 8.30. The van der Waals surface area contributed by atoms with Gasteiger partial charge in [0, 0.05) is 18.0 Å². The van der Waals surface area contributed by atoms with Crippen molar-refractivity contribution in [1.29, 1.82) is 0 Å². The molecule has 316 valence electrons. The summed E-state index contributed by atoms with van der Waals surface area (Å²) >= 11 is 0. The van der Waals surface area contributed by atoms with Gasteiger partial charge in [-0.25, -0.2) is 14.7 Å². The second kappa shape index (κ2) is 15.1. The summed E-state index contributed by atoms with van der Waals surface area (Å²) in [6.45, 7) is -1.06. The molecule has 0 aliphatic heterocycles. The van der Waals surface area contributed by atoms with E-state index in [4.69, 9.17) is 0 Å². The number of hydrogen-bond acceptors (Lipinski definition) is 4. The van der Waals surface area contributed by atoms with Crippen molar-refractivity contribution in [2.45, 2.75) is 105 Å². The van der Waals surface area contributed by atoms with Gasteiger partial charge in [0.2, 0.25) is 0 Å². The maximum absolute atomic E-state index is 14.2. The zero-order valence-corrected chi connectivity index (χ0v) is 26.6. The standard InChI is InChI=1S/C28H21F23N2O2/c1-2-3-4-5-6-14-11-52-17(53-12-14)15-7-9-16(10-8-15)54-13-18(29,30)19(31,32)27(48,49)55-28(50,51)25(43,44)23(39,40)21(35,36)20(33,34)22(37,38)24(41,42)26(45,46)47/h7-12H,2-6,13H2,1H3. The first-order valence-electron chi connectivity index (χ1n) is 14.5. The Hall–Kier alpha value is -3.55. The molecule has 0 saturated carbocycles. The molecule has 0 spiro atoms. The molecular weight excluding hydrogens is 833 g/mol. The fraction of sp³-hybridized carbons (Fsp3) is 0.643. The molecule has 0 aliphatic carbocycles. The van der Waals surface area contributed by atoms with Crippen LogP contribution in [-0.2, 0) is 11.2 Å². The van der Waals surface area contributed by atoms with Gasteiger partial charge in [0.1, 0.15) is 5.75 Å². The minimum atomic E-state index is -9.27. The predicted octanol–water partition coefficient (Wildman–Crippen LogP) is 11.5. The van der Waals surface area contributed by atoms with Crippen molar-refractivity contribution in [1.82, 2.24) is 9.97 Å². The molecule has 0 atom stereocenters. The number of rotatable bonds is 19. The van der Waals surface area contributed by atoms with Crippen LogP contribution in [0.5, 0.6) is 5.75 Å². The number of unbranched alkanes of at least 4 members (excludes halogenated alkanes) is 3. The van der Waals surface area contributed by atoms with Crippen LogP contribution in [0.3, 0.4) is 0 Å². The smallest absolute Gasteiger partial charge is 0.460 e. The van der Waals surface area contributed by atoms with Crippen molar-refractivity contribution in [3.05, 3.63) is 42.2 Å². The summed E-state index contributed by atoms with van der Waals surface area (Å²) in [5.74, 6) is -69.4. The quantitative estimate of drug-likeness (QED) is 0.104. The average molecular weight is 854 g/mol. The number of alkyl halides is 23. The van der Waals surface area contributed by atoms with Crippen LogP contribution in [0.4, 0.5) is 101 Å². The fourth-order valence-corrected chi connectivity index (χ4v) is 4.01. The molecule has 0 radical (unpaired) electrons. The number of benzene rings is 1. The Morgan fingerprint density at radius 2 is 0.909 bits per heavy atom. The summed E-state index contributed by atoms with van der Waals surface area (Å²) in [6, 6.07) is 3.31. The van der Waals surface area contributed by atoms with Gasteiger partial charge in [0.05, 0.1) is 0 Å². The van der Waals surface area contributed by atoms with E-state index in [0.29, 0.717) is 18.6 Å². The monoisotopic (exact) mass is 854 g/mol. The van der Waals surface area contributed by atoms with Crippen molar-refractivity contribution < 1.29 is 110 Å². The highest BCUT2D eigenvalue weighted by atomic mass is 19.4. The predicted molar refractivity (Wildman–Crippen MR) is 137 cm³/mol. The van der Waals surface area contributed by atoms with Crippen molar-refractivity contribution >= 4 is 0 Å². The molecule has 0 fully saturated rings. The van der Waals surface area contributed by atoms with Crippen LogP contribution in [0.2, 0.25) is 0 Å². The zero-order chi connectivity index (χ0) is 43.1. The molecular formula is C28H21F23N2O2. The van der Waals surface area contributed by atoms with E-state index in [1.54, 1.807) is 0 Å². The molecule has 1 aromatic heterocycles. The van der Waals surface area contributed by atoms with Gasteiger partial charge < -0.3 is 4.74 Å². The molecule has 0 N–H and O–H groups in total. The Labute approximate surface area is 292 Å². The van der Waals surface area contributed by atoms with Gasteiger partial charge in [-0.3, -0.25) is 0 Å². The van der Waals surface area contributed by atoms with E-state index in [0.717, 1.165) is 43.4 Å². The van der Waals surface area contributed by atoms with Gasteiger partial charge in [-0.05, 0) is 42.7 Å². The van der Waals surface area contributed by atoms with Crippen LogP contribution in [0, 0.1) is 0 Å². The van der Waals surface area contributed by atoms with Crippen molar-refractivity contribution in [2.24, 2.45) is 0 Å². The third-order valence-electron chi connectivity index (χ3n) is 7.33. The third-order valence-corrected chi connectivity index (χ3v) is 7.33. The molecule has 0 unspecified atom stereocenters. The van der Waals surface area contributed by atoms with Gasteiger partial charge in [0.15, 0.2) is 12.4 Å². The lowest BCUT2D eigenvalue weighted by atomic mass is 9.90. The first kappa shape index (κ1) is 47.6. The average Bonchev–Trinajstić information content (AvgIpc) is 3.04. The van der Waals surface area contributed by atoms with Crippen molar-refractivity contribution in [3.8, 4) is 17.1 Å². The molecule has 27 heteroatoms. The molecule has 0 aliphatic rings. The van der Waals surface area contributed by atoms with Gasteiger partial charge in [-0.1, -0.05) is 26.2 Å². The molecule has 2 aromatic rings. The molecule has 0 bridgehead atoms. The number of aryl methyl sites for hydroxylation is 1. The lowest BCUT2D eigenvalue weighted by Gasteiger charge is -2.43. The first-order valence-corrected chi connectivity index (χ1v) is 14.5. The van der Waals surface area contributed by atoms with E-state index >= 15 is 0 Å². The highest BCUT2D eigenvalue weighted by Gasteiger charge is 2.96. The first-order chi connectivity index (χ1) is 24.4. The topological polar surface area (TPSA) is 44.2 Å². The fourth-order valence-electron chi connectivity index (χ4n) is 4.01. The van der Waals surface area contributed by atoms with E-state index < -0.39 is 78.1 Å². The van der Waals surface area contributed by atoms with Crippen LogP contribution in [0.15, 0.2) is 36.7 Å². The highest BCUT2D eigenvalue weighted by molar-refractivity contribution is 5.55. The van der Waals surface area contributed by atoms with Crippen LogP contribution in [0.1, 0.15) is 38.2 Å². The number of ether oxygens (including phenoxy) is 2. The molecule has 2 rings (SSSR count). The normalized spacial score (nSPS) is 15.1. The largest absolute Gasteiger partial charge is 0.487 e. The van der Waals surface area contributed by atoms with E-state index in [1.165, 1.54) is 17.1 Å². The summed E-state index contributed by atoms with van der Waals surface area (Å²) < 4.78 is 316. The Morgan fingerprint density at radius 1 is 0.491 bits per heavy atom.